The predicted octanol–water partition coefficient (Wildman–Crippen LogP) is 1.74. The Labute approximate surface area is 151 Å². The molecule has 1 atom stereocenters. The molecule has 0 bridgehead atoms. The third-order valence-corrected chi connectivity index (χ3v) is 5.42. The highest BCUT2D eigenvalue weighted by molar-refractivity contribution is 5.85. The van der Waals surface area contributed by atoms with E-state index in [9.17, 15) is 9.59 Å². The first kappa shape index (κ1) is 19.3. The number of carbonyl (C=O) groups is 2. The smallest absolute Gasteiger partial charge is 0.317 e. The van der Waals surface area contributed by atoms with E-state index in [-0.39, 0.29) is 30.4 Å². The summed E-state index contributed by atoms with van der Waals surface area (Å²) in [5.41, 5.74) is 0. The number of rotatable bonds is 2. The second-order valence-electron chi connectivity index (χ2n) is 7.10. The number of hydrogen-bond acceptors (Lipinski definition) is 3. The van der Waals surface area contributed by atoms with Crippen LogP contribution in [0.25, 0.3) is 0 Å². The quantitative estimate of drug-likeness (QED) is 0.790. The van der Waals surface area contributed by atoms with Crippen LogP contribution >= 0.6 is 12.4 Å². The van der Waals surface area contributed by atoms with Gasteiger partial charge in [-0.25, -0.2) is 4.79 Å². The summed E-state index contributed by atoms with van der Waals surface area (Å²) in [6.07, 6.45) is 9.20. The van der Waals surface area contributed by atoms with Crippen molar-refractivity contribution in [2.24, 2.45) is 0 Å². The van der Waals surface area contributed by atoms with Gasteiger partial charge in [-0.1, -0.05) is 25.7 Å². The van der Waals surface area contributed by atoms with Crippen molar-refractivity contribution >= 4 is 24.3 Å². The second-order valence-corrected chi connectivity index (χ2v) is 7.10. The molecule has 3 rings (SSSR count). The number of amides is 3. The van der Waals surface area contributed by atoms with Crippen molar-refractivity contribution in [1.82, 2.24) is 20.4 Å². The Kier molecular flexibility index (Phi) is 7.62. The summed E-state index contributed by atoms with van der Waals surface area (Å²) in [4.78, 5) is 28.6. The van der Waals surface area contributed by atoms with Gasteiger partial charge >= 0.3 is 6.03 Å². The highest BCUT2D eigenvalue weighted by atomic mass is 35.5. The molecule has 0 aromatic heterocycles. The van der Waals surface area contributed by atoms with Gasteiger partial charge in [0.15, 0.2) is 0 Å². The van der Waals surface area contributed by atoms with E-state index in [0.29, 0.717) is 32.2 Å². The topological polar surface area (TPSA) is 64.7 Å². The number of nitrogens with one attached hydrogen (secondary N) is 2. The molecule has 0 radical (unpaired) electrons. The van der Waals surface area contributed by atoms with Gasteiger partial charge in [-0.15, -0.1) is 12.4 Å². The van der Waals surface area contributed by atoms with Crippen LogP contribution in [0.4, 0.5) is 4.79 Å². The van der Waals surface area contributed by atoms with Crippen molar-refractivity contribution < 1.29 is 9.59 Å². The monoisotopic (exact) mass is 358 g/mol. The van der Waals surface area contributed by atoms with Crippen LogP contribution in [0, 0.1) is 0 Å². The van der Waals surface area contributed by atoms with Gasteiger partial charge in [0.05, 0.1) is 6.04 Å². The number of piperazine rings is 1. The first-order valence-corrected chi connectivity index (χ1v) is 9.31. The lowest BCUT2D eigenvalue weighted by molar-refractivity contribution is -0.135. The molecule has 3 aliphatic rings. The molecule has 1 aliphatic carbocycles. The molecule has 2 saturated heterocycles. The fourth-order valence-electron chi connectivity index (χ4n) is 3.93. The van der Waals surface area contributed by atoms with Gasteiger partial charge in [-0.3, -0.25) is 4.79 Å². The van der Waals surface area contributed by atoms with Crippen LogP contribution < -0.4 is 10.6 Å². The average Bonchev–Trinajstić information content (AvgIpc) is 2.63. The summed E-state index contributed by atoms with van der Waals surface area (Å²) in [5.74, 6) is 0.219. The number of urea groups is 1. The minimum atomic E-state index is -0.00800. The zero-order valence-electron chi connectivity index (χ0n) is 14.5. The summed E-state index contributed by atoms with van der Waals surface area (Å²) < 4.78 is 0. The second kappa shape index (κ2) is 9.47. The molecule has 6 nitrogen and oxygen atoms in total. The average molecular weight is 359 g/mol. The van der Waals surface area contributed by atoms with E-state index in [0.717, 1.165) is 32.2 Å². The van der Waals surface area contributed by atoms with E-state index in [1.807, 2.05) is 9.80 Å². The molecule has 0 spiro atoms. The van der Waals surface area contributed by atoms with Crippen molar-refractivity contribution in [2.75, 3.05) is 32.7 Å². The van der Waals surface area contributed by atoms with Gasteiger partial charge < -0.3 is 20.4 Å². The van der Waals surface area contributed by atoms with E-state index in [1.165, 1.54) is 25.7 Å². The Morgan fingerprint density at radius 2 is 1.46 bits per heavy atom. The molecule has 24 heavy (non-hydrogen) atoms. The number of hydrogen-bond donors (Lipinski definition) is 2. The summed E-state index contributed by atoms with van der Waals surface area (Å²) in [5, 5.41) is 6.49. The van der Waals surface area contributed by atoms with Gasteiger partial charge in [0.25, 0.3) is 0 Å². The minimum Gasteiger partial charge on any atom is -0.338 e. The standard InChI is InChI=1S/C17H30N4O2.ClH/c22-16(15-8-4-5-9-18-15)20-10-12-21(13-11-20)17(23)19-14-6-2-1-3-7-14;/h14-15,18H,1-13H2,(H,19,23);1H. The molecular weight excluding hydrogens is 328 g/mol. The van der Waals surface area contributed by atoms with E-state index in [1.54, 1.807) is 0 Å². The molecule has 3 amide bonds. The number of halogens is 1. The lowest BCUT2D eigenvalue weighted by atomic mass is 9.96. The van der Waals surface area contributed by atoms with Crippen molar-refractivity contribution in [1.29, 1.82) is 0 Å². The van der Waals surface area contributed by atoms with Crippen molar-refractivity contribution in [3.63, 3.8) is 0 Å². The van der Waals surface area contributed by atoms with Crippen LogP contribution in [0.5, 0.6) is 0 Å². The summed E-state index contributed by atoms with van der Waals surface area (Å²) in [7, 11) is 0. The molecule has 1 saturated carbocycles. The van der Waals surface area contributed by atoms with Crippen LogP contribution in [-0.2, 0) is 4.79 Å². The summed E-state index contributed by atoms with van der Waals surface area (Å²) in [6.45, 7) is 3.57. The SMILES string of the molecule is Cl.O=C(NC1CCCCC1)N1CCN(C(=O)C2CCCCN2)CC1. The molecule has 2 N–H and O–H groups in total. The molecule has 2 heterocycles. The Morgan fingerprint density at radius 3 is 2.08 bits per heavy atom. The lowest BCUT2D eigenvalue weighted by Gasteiger charge is -2.38. The van der Waals surface area contributed by atoms with Crippen molar-refractivity contribution in [2.45, 2.75) is 63.5 Å². The zero-order chi connectivity index (χ0) is 16.1. The van der Waals surface area contributed by atoms with Crippen molar-refractivity contribution in [3.8, 4) is 0 Å². The molecular formula is C17H31ClN4O2. The summed E-state index contributed by atoms with van der Waals surface area (Å²) >= 11 is 0. The first-order valence-electron chi connectivity index (χ1n) is 9.31. The molecule has 138 valence electrons. The van der Waals surface area contributed by atoms with Gasteiger partial charge in [0, 0.05) is 32.2 Å². The Bertz CT molecular complexity index is 415. The number of nitrogens with zero attached hydrogens (tertiary/aromatic N) is 2. The zero-order valence-corrected chi connectivity index (χ0v) is 15.3. The van der Waals surface area contributed by atoms with E-state index in [4.69, 9.17) is 0 Å². The van der Waals surface area contributed by atoms with Gasteiger partial charge in [-0.05, 0) is 32.2 Å². The van der Waals surface area contributed by atoms with E-state index in [2.05, 4.69) is 10.6 Å². The minimum absolute atomic E-state index is 0. The van der Waals surface area contributed by atoms with E-state index < -0.39 is 0 Å². The van der Waals surface area contributed by atoms with Gasteiger partial charge in [0.2, 0.25) is 5.91 Å². The third kappa shape index (κ3) is 4.99. The number of piperidine rings is 1. The lowest BCUT2D eigenvalue weighted by Crippen LogP contribution is -2.57. The maximum atomic E-state index is 12.5. The van der Waals surface area contributed by atoms with Gasteiger partial charge in [-0.2, -0.15) is 0 Å². The molecule has 0 aromatic carbocycles. The van der Waals surface area contributed by atoms with Crippen LogP contribution in [0.2, 0.25) is 0 Å². The summed E-state index contributed by atoms with van der Waals surface area (Å²) in [6, 6.07) is 0.397. The van der Waals surface area contributed by atoms with Crippen LogP contribution in [0.1, 0.15) is 51.4 Å². The molecule has 3 fully saturated rings. The highest BCUT2D eigenvalue weighted by Gasteiger charge is 2.30. The Balaban J connectivity index is 0.00000208. The maximum Gasteiger partial charge on any atom is 0.317 e. The number of carbonyl (C=O) groups excluding carboxylic acids is 2. The van der Waals surface area contributed by atoms with Crippen LogP contribution in [0.15, 0.2) is 0 Å². The molecule has 0 aromatic rings. The fourth-order valence-corrected chi connectivity index (χ4v) is 3.93. The Hall–Kier alpha value is -1.01. The largest absolute Gasteiger partial charge is 0.338 e. The molecule has 2 aliphatic heterocycles. The van der Waals surface area contributed by atoms with Crippen molar-refractivity contribution in [3.05, 3.63) is 0 Å². The van der Waals surface area contributed by atoms with Crippen LogP contribution in [-0.4, -0.2) is 66.5 Å². The molecule has 1 unspecified atom stereocenters. The fraction of sp³-hybridized carbons (Fsp3) is 0.882. The normalized spacial score (nSPS) is 25.8. The predicted molar refractivity (Wildman–Crippen MR) is 96.4 cm³/mol. The van der Waals surface area contributed by atoms with E-state index >= 15 is 0 Å². The van der Waals surface area contributed by atoms with Gasteiger partial charge in [0.1, 0.15) is 0 Å². The molecule has 7 heteroatoms. The maximum absolute atomic E-state index is 12.5. The third-order valence-electron chi connectivity index (χ3n) is 5.42. The van der Waals surface area contributed by atoms with Crippen LogP contribution in [0.3, 0.4) is 0 Å². The first-order chi connectivity index (χ1) is 11.2. The highest BCUT2D eigenvalue weighted by Crippen LogP contribution is 2.18. The Morgan fingerprint density at radius 1 is 0.833 bits per heavy atom.